The molecule has 3 heterocycles. The maximum atomic E-state index is 9.96. The summed E-state index contributed by atoms with van der Waals surface area (Å²) in [6.45, 7) is 0. The van der Waals surface area contributed by atoms with E-state index in [2.05, 4.69) is 19.9 Å². The number of phenolic OH excluding ortho intramolecular Hbond substituents is 1. The smallest absolute Gasteiger partial charge is 0.230 e. The maximum Gasteiger partial charge on any atom is 0.230 e. The van der Waals surface area contributed by atoms with Crippen molar-refractivity contribution in [1.82, 2.24) is 19.9 Å². The number of nitrogens with one attached hydrogen (secondary N) is 1. The molecule has 0 aliphatic carbocycles. The molecule has 114 valence electrons. The van der Waals surface area contributed by atoms with E-state index >= 15 is 0 Å². The molecule has 0 atom stereocenters. The molecule has 2 N–H and O–H groups in total. The summed E-state index contributed by atoms with van der Waals surface area (Å²) in [6, 6.07) is 6.92. The van der Waals surface area contributed by atoms with Crippen LogP contribution in [0.5, 0.6) is 23.1 Å². The Morgan fingerprint density at radius 1 is 1.13 bits per heavy atom. The molecule has 0 bridgehead atoms. The molecule has 0 amide bonds. The molecule has 0 radical (unpaired) electrons. The van der Waals surface area contributed by atoms with E-state index in [9.17, 15) is 5.11 Å². The Morgan fingerprint density at radius 2 is 2.04 bits per heavy atom. The Bertz CT molecular complexity index is 1010. The fraction of sp³-hybridized carbons (Fsp3) is 0.0625. The average molecular weight is 308 g/mol. The van der Waals surface area contributed by atoms with Gasteiger partial charge in [-0.1, -0.05) is 0 Å². The van der Waals surface area contributed by atoms with Gasteiger partial charge in [0.25, 0.3) is 0 Å². The second-order valence-corrected chi connectivity index (χ2v) is 4.91. The van der Waals surface area contributed by atoms with Crippen molar-refractivity contribution in [3.05, 3.63) is 43.0 Å². The normalized spacial score (nSPS) is 11.0. The van der Waals surface area contributed by atoms with Gasteiger partial charge < -0.3 is 19.6 Å². The highest BCUT2D eigenvalue weighted by molar-refractivity contribution is 5.87. The van der Waals surface area contributed by atoms with E-state index in [0.717, 1.165) is 11.0 Å². The predicted octanol–water partition coefficient (Wildman–Crippen LogP) is 3.01. The fourth-order valence-corrected chi connectivity index (χ4v) is 2.38. The van der Waals surface area contributed by atoms with Crippen LogP contribution in [-0.4, -0.2) is 32.2 Å². The Balaban J connectivity index is 1.80. The fourth-order valence-electron chi connectivity index (χ4n) is 2.38. The lowest BCUT2D eigenvalue weighted by atomic mass is 10.2. The number of aromatic amines is 1. The molecule has 7 heteroatoms. The highest BCUT2D eigenvalue weighted by Crippen LogP contribution is 2.35. The highest BCUT2D eigenvalue weighted by Gasteiger charge is 2.12. The number of aromatic hydroxyl groups is 1. The van der Waals surface area contributed by atoms with E-state index in [1.165, 1.54) is 19.5 Å². The van der Waals surface area contributed by atoms with E-state index in [1.54, 1.807) is 12.3 Å². The summed E-state index contributed by atoms with van der Waals surface area (Å²) in [7, 11) is 1.48. The summed E-state index contributed by atoms with van der Waals surface area (Å²) in [5.41, 5.74) is 1.40. The third kappa shape index (κ3) is 2.28. The number of benzene rings is 1. The molecule has 0 aliphatic heterocycles. The van der Waals surface area contributed by atoms with E-state index in [0.29, 0.717) is 28.3 Å². The number of ether oxygens (including phenoxy) is 2. The molecule has 0 spiro atoms. The number of methoxy groups -OCH3 is 1. The first-order valence-corrected chi connectivity index (χ1v) is 6.87. The van der Waals surface area contributed by atoms with Crippen LogP contribution < -0.4 is 9.47 Å². The van der Waals surface area contributed by atoms with Gasteiger partial charge in [-0.2, -0.15) is 0 Å². The van der Waals surface area contributed by atoms with Gasteiger partial charge in [-0.25, -0.2) is 15.0 Å². The number of rotatable bonds is 3. The number of aromatic nitrogens is 4. The first-order chi connectivity index (χ1) is 11.2. The van der Waals surface area contributed by atoms with Gasteiger partial charge in [-0.3, -0.25) is 0 Å². The van der Waals surface area contributed by atoms with Crippen LogP contribution in [0.15, 0.2) is 43.0 Å². The van der Waals surface area contributed by atoms with Crippen LogP contribution in [0.3, 0.4) is 0 Å². The van der Waals surface area contributed by atoms with Gasteiger partial charge in [-0.05, 0) is 18.2 Å². The molecule has 4 aromatic rings. The van der Waals surface area contributed by atoms with Crippen molar-refractivity contribution in [1.29, 1.82) is 0 Å². The Morgan fingerprint density at radius 3 is 2.91 bits per heavy atom. The van der Waals surface area contributed by atoms with Crippen molar-refractivity contribution >= 4 is 21.9 Å². The molecular weight excluding hydrogens is 296 g/mol. The summed E-state index contributed by atoms with van der Waals surface area (Å²) in [6.07, 6.45) is 4.82. The van der Waals surface area contributed by atoms with E-state index in [-0.39, 0.29) is 5.75 Å². The molecule has 3 aromatic heterocycles. The second-order valence-electron chi connectivity index (χ2n) is 4.91. The Kier molecular flexibility index (Phi) is 2.97. The number of pyridine rings is 1. The predicted molar refractivity (Wildman–Crippen MR) is 83.9 cm³/mol. The number of hydrogen-bond donors (Lipinski definition) is 2. The van der Waals surface area contributed by atoms with Crippen LogP contribution in [0.2, 0.25) is 0 Å². The molecule has 0 aliphatic rings. The van der Waals surface area contributed by atoms with Gasteiger partial charge in [0.15, 0.2) is 11.5 Å². The molecule has 1 aromatic carbocycles. The number of phenols is 1. The first kappa shape index (κ1) is 13.3. The van der Waals surface area contributed by atoms with E-state index < -0.39 is 0 Å². The minimum atomic E-state index is -0.00105. The Hall–Kier alpha value is -3.35. The second kappa shape index (κ2) is 5.13. The first-order valence-electron chi connectivity index (χ1n) is 6.87. The summed E-state index contributed by atoms with van der Waals surface area (Å²) in [5.74, 6) is 1.23. The molecule has 7 nitrogen and oxygen atoms in total. The minimum absolute atomic E-state index is 0.00105. The monoisotopic (exact) mass is 308 g/mol. The van der Waals surface area contributed by atoms with Crippen molar-refractivity contribution in [2.45, 2.75) is 0 Å². The van der Waals surface area contributed by atoms with Crippen LogP contribution in [0, 0.1) is 0 Å². The quantitative estimate of drug-likeness (QED) is 0.604. The molecule has 0 saturated heterocycles. The SMILES string of the molecule is COc1cc2ncnc(Oc3cnc4[nH]ccc4c3)c2cc1O. The largest absolute Gasteiger partial charge is 0.504 e. The van der Waals surface area contributed by atoms with Crippen LogP contribution in [-0.2, 0) is 0 Å². The van der Waals surface area contributed by atoms with Crippen molar-refractivity contribution in [3.8, 4) is 23.1 Å². The van der Waals surface area contributed by atoms with Crippen molar-refractivity contribution in [3.63, 3.8) is 0 Å². The van der Waals surface area contributed by atoms with Gasteiger partial charge in [0.1, 0.15) is 17.7 Å². The molecule has 0 fully saturated rings. The summed E-state index contributed by atoms with van der Waals surface area (Å²) in [4.78, 5) is 15.6. The van der Waals surface area contributed by atoms with Gasteiger partial charge in [-0.15, -0.1) is 0 Å². The topological polar surface area (TPSA) is 93.2 Å². The highest BCUT2D eigenvalue weighted by atomic mass is 16.5. The number of fused-ring (bicyclic) bond motifs is 2. The third-order valence-electron chi connectivity index (χ3n) is 3.49. The molecule has 4 rings (SSSR count). The van der Waals surface area contributed by atoms with Crippen LogP contribution >= 0.6 is 0 Å². The van der Waals surface area contributed by atoms with Crippen molar-refractivity contribution in [2.24, 2.45) is 0 Å². The van der Waals surface area contributed by atoms with E-state index in [1.807, 2.05) is 18.3 Å². The van der Waals surface area contributed by atoms with Crippen LogP contribution in [0.25, 0.3) is 21.9 Å². The molecular formula is C16H12N4O3. The van der Waals surface area contributed by atoms with Gasteiger partial charge >= 0.3 is 0 Å². The lowest BCUT2D eigenvalue weighted by Crippen LogP contribution is -1.93. The summed E-state index contributed by atoms with van der Waals surface area (Å²) in [5, 5.41) is 11.5. The van der Waals surface area contributed by atoms with Crippen LogP contribution in [0.1, 0.15) is 0 Å². The zero-order valence-electron chi connectivity index (χ0n) is 12.1. The van der Waals surface area contributed by atoms with Crippen LogP contribution in [0.4, 0.5) is 0 Å². The molecule has 0 unspecified atom stereocenters. The summed E-state index contributed by atoms with van der Waals surface area (Å²) < 4.78 is 10.9. The van der Waals surface area contributed by atoms with Gasteiger partial charge in [0, 0.05) is 17.6 Å². The standard InChI is InChI=1S/C16H12N4O3/c1-22-14-6-12-11(5-13(14)21)16(20-8-19-12)23-10-4-9-2-3-17-15(9)18-7-10/h2-8,21H,1H3,(H,17,18). The third-order valence-corrected chi connectivity index (χ3v) is 3.49. The number of H-pyrrole nitrogens is 1. The molecule has 0 saturated carbocycles. The van der Waals surface area contributed by atoms with Crippen molar-refractivity contribution in [2.75, 3.05) is 7.11 Å². The van der Waals surface area contributed by atoms with Crippen molar-refractivity contribution < 1.29 is 14.6 Å². The Labute approximate surface area is 130 Å². The average Bonchev–Trinajstić information content (AvgIpc) is 3.02. The minimum Gasteiger partial charge on any atom is -0.504 e. The molecule has 23 heavy (non-hydrogen) atoms. The van der Waals surface area contributed by atoms with E-state index in [4.69, 9.17) is 9.47 Å². The lowest BCUT2D eigenvalue weighted by Gasteiger charge is -2.09. The summed E-state index contributed by atoms with van der Waals surface area (Å²) >= 11 is 0. The zero-order valence-corrected chi connectivity index (χ0v) is 12.1. The maximum absolute atomic E-state index is 9.96. The number of nitrogens with zero attached hydrogens (tertiary/aromatic N) is 3. The lowest BCUT2D eigenvalue weighted by molar-refractivity contribution is 0.374. The number of hydrogen-bond acceptors (Lipinski definition) is 6. The van der Waals surface area contributed by atoms with Gasteiger partial charge in [0.05, 0.1) is 24.2 Å². The van der Waals surface area contributed by atoms with Gasteiger partial charge in [0.2, 0.25) is 5.88 Å². The zero-order chi connectivity index (χ0) is 15.8.